The van der Waals surface area contributed by atoms with E-state index in [0.717, 1.165) is 30.6 Å². The van der Waals surface area contributed by atoms with Crippen LogP contribution >= 0.6 is 0 Å². The number of aryl methyl sites for hydroxylation is 1. The van der Waals surface area contributed by atoms with Crippen LogP contribution in [0.5, 0.6) is 0 Å². The van der Waals surface area contributed by atoms with Gasteiger partial charge in [0, 0.05) is 25.2 Å². The highest BCUT2D eigenvalue weighted by Gasteiger charge is 2.09. The van der Waals surface area contributed by atoms with E-state index in [1.54, 1.807) is 6.07 Å². The van der Waals surface area contributed by atoms with Crippen LogP contribution in [0.4, 0.5) is 5.69 Å². The second kappa shape index (κ2) is 4.92. The summed E-state index contributed by atoms with van der Waals surface area (Å²) in [5.74, 6) is 0.800. The molecule has 6 heteroatoms. The van der Waals surface area contributed by atoms with Crippen LogP contribution in [0.25, 0.3) is 11.0 Å². The molecule has 0 unspecified atom stereocenters. The number of aliphatic hydroxyl groups excluding tert-OH is 1. The Bertz CT molecular complexity index is 536. The normalized spacial score (nSPS) is 10.9. The summed E-state index contributed by atoms with van der Waals surface area (Å²) in [6, 6.07) is 4.57. The summed E-state index contributed by atoms with van der Waals surface area (Å²) in [6.45, 7) is 0.172. The molecule has 2 rings (SSSR count). The molecule has 0 radical (unpaired) electrons. The Kier molecular flexibility index (Phi) is 3.34. The van der Waals surface area contributed by atoms with E-state index in [1.807, 2.05) is 0 Å². The standard InChI is InChI=1S/C11H13N3O3/c15-6-2-1-3-11-12-9-5-4-8(14(16)17)7-10(9)13-11/h4-5,7,15H,1-3,6H2,(H,12,13). The number of aromatic nitrogens is 2. The number of imidazole rings is 1. The summed E-state index contributed by atoms with van der Waals surface area (Å²) < 4.78 is 0. The molecular weight excluding hydrogens is 222 g/mol. The fraction of sp³-hybridized carbons (Fsp3) is 0.364. The molecule has 0 aliphatic carbocycles. The molecule has 0 saturated heterocycles. The van der Waals surface area contributed by atoms with Crippen LogP contribution in [0.2, 0.25) is 0 Å². The summed E-state index contributed by atoms with van der Waals surface area (Å²) >= 11 is 0. The van der Waals surface area contributed by atoms with E-state index in [-0.39, 0.29) is 12.3 Å². The summed E-state index contributed by atoms with van der Waals surface area (Å²) in [7, 11) is 0. The molecule has 0 saturated carbocycles. The monoisotopic (exact) mass is 235 g/mol. The van der Waals surface area contributed by atoms with Crippen LogP contribution in [0, 0.1) is 10.1 Å². The van der Waals surface area contributed by atoms with E-state index in [9.17, 15) is 10.1 Å². The van der Waals surface area contributed by atoms with Crippen molar-refractivity contribution in [2.24, 2.45) is 0 Å². The molecule has 0 aliphatic heterocycles. The van der Waals surface area contributed by atoms with Crippen molar-refractivity contribution in [1.29, 1.82) is 0 Å². The van der Waals surface area contributed by atoms with E-state index in [0.29, 0.717) is 5.52 Å². The van der Waals surface area contributed by atoms with Gasteiger partial charge in [-0.1, -0.05) is 0 Å². The number of unbranched alkanes of at least 4 members (excludes halogenated alkanes) is 1. The first-order valence-corrected chi connectivity index (χ1v) is 5.44. The lowest BCUT2D eigenvalue weighted by Crippen LogP contribution is -1.90. The van der Waals surface area contributed by atoms with Gasteiger partial charge in [-0.25, -0.2) is 4.98 Å². The predicted molar refractivity (Wildman–Crippen MR) is 62.8 cm³/mol. The fourth-order valence-electron chi connectivity index (χ4n) is 1.69. The lowest BCUT2D eigenvalue weighted by atomic mass is 10.2. The number of nitro groups is 1. The summed E-state index contributed by atoms with van der Waals surface area (Å²) in [5.41, 5.74) is 1.47. The van der Waals surface area contributed by atoms with E-state index in [2.05, 4.69) is 9.97 Å². The number of H-pyrrole nitrogens is 1. The van der Waals surface area contributed by atoms with Crippen molar-refractivity contribution >= 4 is 16.7 Å². The Hall–Kier alpha value is -1.95. The highest BCUT2D eigenvalue weighted by Crippen LogP contribution is 2.19. The van der Waals surface area contributed by atoms with Crippen LogP contribution in [0.1, 0.15) is 18.7 Å². The highest BCUT2D eigenvalue weighted by atomic mass is 16.6. The number of aliphatic hydroxyl groups is 1. The molecule has 6 nitrogen and oxygen atoms in total. The summed E-state index contributed by atoms with van der Waals surface area (Å²) in [4.78, 5) is 17.6. The number of aromatic amines is 1. The zero-order chi connectivity index (χ0) is 12.3. The number of nitrogens with zero attached hydrogens (tertiary/aromatic N) is 2. The molecule has 1 aromatic carbocycles. The topological polar surface area (TPSA) is 92.1 Å². The molecule has 0 bridgehead atoms. The van der Waals surface area contributed by atoms with Gasteiger partial charge >= 0.3 is 0 Å². The third-order valence-electron chi connectivity index (χ3n) is 2.55. The number of benzene rings is 1. The maximum Gasteiger partial charge on any atom is 0.271 e. The van der Waals surface area contributed by atoms with Crippen LogP contribution in [0.3, 0.4) is 0 Å². The lowest BCUT2D eigenvalue weighted by molar-refractivity contribution is -0.384. The van der Waals surface area contributed by atoms with E-state index >= 15 is 0 Å². The van der Waals surface area contributed by atoms with Crippen molar-refractivity contribution in [3.63, 3.8) is 0 Å². The third-order valence-corrected chi connectivity index (χ3v) is 2.55. The lowest BCUT2D eigenvalue weighted by Gasteiger charge is -1.93. The average molecular weight is 235 g/mol. The molecule has 17 heavy (non-hydrogen) atoms. The Labute approximate surface area is 97.4 Å². The molecule has 0 amide bonds. The Balaban J connectivity index is 2.21. The fourth-order valence-corrected chi connectivity index (χ4v) is 1.69. The van der Waals surface area contributed by atoms with E-state index < -0.39 is 4.92 Å². The minimum Gasteiger partial charge on any atom is -0.396 e. The maximum absolute atomic E-state index is 10.6. The van der Waals surface area contributed by atoms with E-state index in [4.69, 9.17) is 5.11 Å². The minimum absolute atomic E-state index is 0.0584. The van der Waals surface area contributed by atoms with Gasteiger partial charge in [-0.3, -0.25) is 10.1 Å². The van der Waals surface area contributed by atoms with Crippen molar-refractivity contribution in [2.75, 3.05) is 6.61 Å². The van der Waals surface area contributed by atoms with Gasteiger partial charge in [0.15, 0.2) is 0 Å². The number of nitro benzene ring substituents is 1. The molecule has 90 valence electrons. The van der Waals surface area contributed by atoms with Crippen molar-refractivity contribution in [1.82, 2.24) is 9.97 Å². The largest absolute Gasteiger partial charge is 0.396 e. The van der Waals surface area contributed by atoms with Crippen molar-refractivity contribution in [3.05, 3.63) is 34.1 Å². The van der Waals surface area contributed by atoms with Gasteiger partial charge < -0.3 is 10.1 Å². The van der Waals surface area contributed by atoms with Crippen molar-refractivity contribution < 1.29 is 10.0 Å². The molecule has 0 fully saturated rings. The maximum atomic E-state index is 10.6. The molecule has 0 spiro atoms. The second-order valence-corrected chi connectivity index (χ2v) is 3.82. The van der Waals surface area contributed by atoms with Crippen LogP contribution < -0.4 is 0 Å². The molecule has 0 aliphatic rings. The Morgan fingerprint density at radius 1 is 1.41 bits per heavy atom. The van der Waals surface area contributed by atoms with Gasteiger partial charge in [0.2, 0.25) is 0 Å². The van der Waals surface area contributed by atoms with Crippen LogP contribution in [-0.2, 0) is 6.42 Å². The first-order chi connectivity index (χ1) is 8.20. The zero-order valence-corrected chi connectivity index (χ0v) is 9.22. The minimum atomic E-state index is -0.425. The quantitative estimate of drug-likeness (QED) is 0.469. The van der Waals surface area contributed by atoms with Crippen molar-refractivity contribution in [2.45, 2.75) is 19.3 Å². The number of nitrogens with one attached hydrogen (secondary N) is 1. The molecular formula is C11H13N3O3. The predicted octanol–water partition coefficient (Wildman–Crippen LogP) is 1.79. The summed E-state index contributed by atoms with van der Waals surface area (Å²) in [5, 5.41) is 19.3. The Morgan fingerprint density at radius 3 is 2.94 bits per heavy atom. The number of fused-ring (bicyclic) bond motifs is 1. The van der Waals surface area contributed by atoms with Gasteiger partial charge in [0.1, 0.15) is 5.82 Å². The molecule has 2 aromatic rings. The first-order valence-electron chi connectivity index (χ1n) is 5.44. The molecule has 1 aromatic heterocycles. The molecule has 0 atom stereocenters. The van der Waals surface area contributed by atoms with Gasteiger partial charge in [-0.05, 0) is 18.9 Å². The average Bonchev–Trinajstić information content (AvgIpc) is 2.70. The second-order valence-electron chi connectivity index (χ2n) is 3.82. The molecule has 2 N–H and O–H groups in total. The van der Waals surface area contributed by atoms with Crippen LogP contribution in [-0.4, -0.2) is 26.6 Å². The smallest absolute Gasteiger partial charge is 0.271 e. The van der Waals surface area contributed by atoms with Gasteiger partial charge in [0.25, 0.3) is 5.69 Å². The summed E-state index contributed by atoms with van der Waals surface area (Å²) in [6.07, 6.45) is 2.32. The number of non-ortho nitro benzene ring substituents is 1. The highest BCUT2D eigenvalue weighted by molar-refractivity contribution is 5.77. The van der Waals surface area contributed by atoms with Crippen LogP contribution in [0.15, 0.2) is 18.2 Å². The number of hydrogen-bond donors (Lipinski definition) is 2. The first kappa shape index (κ1) is 11.5. The van der Waals surface area contributed by atoms with Gasteiger partial charge in [-0.15, -0.1) is 0 Å². The zero-order valence-electron chi connectivity index (χ0n) is 9.22. The van der Waals surface area contributed by atoms with Crippen molar-refractivity contribution in [3.8, 4) is 0 Å². The number of rotatable bonds is 5. The number of hydrogen-bond acceptors (Lipinski definition) is 4. The van der Waals surface area contributed by atoms with E-state index in [1.165, 1.54) is 12.1 Å². The van der Waals surface area contributed by atoms with Gasteiger partial charge in [-0.2, -0.15) is 0 Å². The Morgan fingerprint density at radius 2 is 2.24 bits per heavy atom. The SMILES string of the molecule is O=[N+]([O-])c1ccc2nc(CCCCO)[nH]c2c1. The third kappa shape index (κ3) is 2.59. The molecule has 1 heterocycles. The van der Waals surface area contributed by atoms with Gasteiger partial charge in [0.05, 0.1) is 16.0 Å².